The summed E-state index contributed by atoms with van der Waals surface area (Å²) in [5.74, 6) is 0. The molecule has 7 heteroatoms. The van der Waals surface area contributed by atoms with Gasteiger partial charge in [0.2, 0.25) is 0 Å². The van der Waals surface area contributed by atoms with E-state index in [1.165, 1.54) is 85.3 Å². The average molecular weight is 1690 g/mol. The van der Waals surface area contributed by atoms with Crippen molar-refractivity contribution in [3.63, 3.8) is 0 Å². The number of para-hydroxylation sites is 4. The minimum absolute atomic E-state index is 1.01. The fourth-order valence-electron chi connectivity index (χ4n) is 16.3. The molecule has 0 aromatic heterocycles. The first-order valence-corrected chi connectivity index (χ1v) is 44.9. The van der Waals surface area contributed by atoms with E-state index in [9.17, 15) is 0 Å². The Balaban J connectivity index is 0.000000138. The van der Waals surface area contributed by atoms with Crippen molar-refractivity contribution < 1.29 is 0 Å². The van der Waals surface area contributed by atoms with Gasteiger partial charge in [0, 0.05) is 69.4 Å². The lowest BCUT2D eigenvalue weighted by molar-refractivity contribution is 0.685. The highest BCUT2D eigenvalue weighted by Crippen LogP contribution is 2.41. The van der Waals surface area contributed by atoms with E-state index in [1.807, 2.05) is 95.2 Å². The largest absolute Gasteiger partial charge is 0.317 e. The van der Waals surface area contributed by atoms with E-state index in [1.54, 1.807) is 0 Å². The fraction of sp³-hybridized carbons (Fsp3) is 0.0484. The van der Waals surface area contributed by atoms with Crippen LogP contribution in [0.25, 0.3) is 28.4 Å². The number of anilines is 10. The first kappa shape index (κ1) is 86.4. The van der Waals surface area contributed by atoms with E-state index in [4.69, 9.17) is 10.2 Å². The van der Waals surface area contributed by atoms with Crippen molar-refractivity contribution in [2.75, 3.05) is 24.7 Å². The predicted molar refractivity (Wildman–Crippen MR) is 556 cm³/mol. The highest BCUT2D eigenvalue weighted by Gasteiger charge is 2.22. The molecule has 0 heterocycles. The van der Waals surface area contributed by atoms with Gasteiger partial charge in [-0.3, -0.25) is 0 Å². The van der Waals surface area contributed by atoms with Gasteiger partial charge in [0.25, 0.3) is 0 Å². The van der Waals surface area contributed by atoms with Gasteiger partial charge in [0.05, 0.1) is 35.2 Å². The first-order valence-electron chi connectivity index (χ1n) is 44.9. The molecule has 0 unspecified atom stereocenters. The molecule has 19 rings (SSSR count). The van der Waals surface area contributed by atoms with Crippen LogP contribution >= 0.6 is 0 Å². The molecule has 18 aromatic rings. The maximum atomic E-state index is 4.94. The third-order valence-corrected chi connectivity index (χ3v) is 23.2. The molecular weight excluding hydrogens is 1590 g/mol. The topological polar surface area (TPSA) is 40.9 Å². The molecule has 131 heavy (non-hydrogen) atoms. The molecule has 0 N–H and O–H groups in total. The van der Waals surface area contributed by atoms with Gasteiger partial charge in [-0.15, -0.1) is 0 Å². The van der Waals surface area contributed by atoms with E-state index < -0.39 is 0 Å². The molecule has 0 bridgehead atoms. The van der Waals surface area contributed by atoms with Crippen molar-refractivity contribution in [2.45, 2.75) is 39.5 Å². The van der Waals surface area contributed by atoms with E-state index in [-0.39, 0.29) is 0 Å². The van der Waals surface area contributed by atoms with Gasteiger partial charge in [-0.25, -0.2) is 10.0 Å². The van der Waals surface area contributed by atoms with E-state index in [2.05, 4.69) is 484 Å². The van der Waals surface area contributed by atoms with Gasteiger partial charge in [-0.05, 0) is 239 Å². The molecule has 0 amide bonds. The normalized spacial score (nSPS) is 11.3. The number of benzene rings is 18. The lowest BCUT2D eigenvalue weighted by Gasteiger charge is -2.29. The van der Waals surface area contributed by atoms with Crippen LogP contribution in [0.1, 0.15) is 96.3 Å². The Kier molecular flexibility index (Phi) is 29.0. The SMILES string of the molecule is C(=C(c1ccccc1)c1ccccc1)N(c1ccc(/C=N/N(c2ccccc2)c2ccccc2)cc1)c1cccc2c1CCCC2.Cc1ccc(N(C=C(c2ccccc2)c2ccccc2)c2ccc(/C=N/N(c3ccccc3)c3ccccc3)cc2)cc1.Cc1ccc(N(C=C(c2ccccc2)c2ccccc2)c2ccc(C=C(c3ccccc3)c3ccccc3)cc2)cc1. The number of aryl methyl sites for hydroxylation is 3. The second kappa shape index (κ2) is 43.9. The molecule has 0 saturated heterocycles. The zero-order chi connectivity index (χ0) is 88.8. The second-order valence-corrected chi connectivity index (χ2v) is 32.2. The number of hydrogen-bond donors (Lipinski definition) is 0. The van der Waals surface area contributed by atoms with Gasteiger partial charge in [0.15, 0.2) is 0 Å². The van der Waals surface area contributed by atoms with Crippen molar-refractivity contribution in [2.24, 2.45) is 10.2 Å². The average Bonchev–Trinajstić information content (AvgIpc) is 0.795. The summed E-state index contributed by atoms with van der Waals surface area (Å²) in [7, 11) is 0. The van der Waals surface area contributed by atoms with Crippen LogP contribution in [0.3, 0.4) is 0 Å². The molecule has 18 aromatic carbocycles. The first-order chi connectivity index (χ1) is 64.8. The molecule has 0 spiro atoms. The maximum absolute atomic E-state index is 4.94. The molecule has 1 aliphatic rings. The van der Waals surface area contributed by atoms with Crippen molar-refractivity contribution in [3.8, 4) is 0 Å². The summed E-state index contributed by atoms with van der Waals surface area (Å²) in [5, 5.41) is 13.8. The highest BCUT2D eigenvalue weighted by molar-refractivity contribution is 5.93. The molecule has 1 aliphatic carbocycles. The third-order valence-electron chi connectivity index (χ3n) is 23.2. The van der Waals surface area contributed by atoms with Crippen LogP contribution in [0.2, 0.25) is 0 Å². The number of hydrazone groups is 2. The van der Waals surface area contributed by atoms with Crippen molar-refractivity contribution in [1.82, 2.24) is 0 Å². The van der Waals surface area contributed by atoms with Crippen molar-refractivity contribution >= 4 is 97.7 Å². The van der Waals surface area contributed by atoms with E-state index >= 15 is 0 Å². The maximum Gasteiger partial charge on any atom is 0.0652 e. The van der Waals surface area contributed by atoms with Crippen LogP contribution in [-0.4, -0.2) is 12.4 Å². The Morgan fingerprint density at radius 2 is 0.443 bits per heavy atom. The molecule has 0 atom stereocenters. The second-order valence-electron chi connectivity index (χ2n) is 32.2. The monoisotopic (exact) mass is 1690 g/mol. The quantitative estimate of drug-likeness (QED) is 0.0307. The van der Waals surface area contributed by atoms with Crippen molar-refractivity contribution in [3.05, 3.63) is 606 Å². The molecule has 634 valence electrons. The number of fused-ring (bicyclic) bond motifs is 1. The fourth-order valence-corrected chi connectivity index (χ4v) is 16.3. The standard InChI is InChI=1S/C43H37N3.C41H33N.C40H33N3/c1-5-16-36(17-6-1)42(37-18-7-2-8-19-37)33-45(43-27-15-21-35-20-13-14-26-41(35)43)38-30-28-34(29-31-38)32-44-46(39-22-9-3-10-23-39)40-24-11-4-12-25-40;1-32-22-26-38(27-23-32)42(31-41(36-18-10-4-11-19-36)37-20-12-5-13-21-37)39-28-24-33(25-29-39)30-40(34-14-6-2-7-15-34)35-16-8-3-9-17-35;1-32-22-26-36(27-23-32)42(31-40(34-14-6-2-7-15-34)35-16-8-3-9-17-35)37-28-24-33(25-29-37)30-41-43(38-18-10-4-11-19-38)39-20-12-5-13-21-39/h1-12,15-19,21-25,27-33H,13-14,20,26H2;2-31H,1H3;2-31H,1H3/b44-32+;;41-30+. The van der Waals surface area contributed by atoms with Gasteiger partial charge in [0.1, 0.15) is 0 Å². The van der Waals surface area contributed by atoms with Gasteiger partial charge < -0.3 is 14.7 Å². The Morgan fingerprint density at radius 1 is 0.206 bits per heavy atom. The lowest BCUT2D eigenvalue weighted by Crippen LogP contribution is -2.15. The smallest absolute Gasteiger partial charge is 0.0652 e. The van der Waals surface area contributed by atoms with Crippen LogP contribution in [0.4, 0.5) is 56.9 Å². The number of nitrogens with zero attached hydrogens (tertiary/aromatic N) is 7. The van der Waals surface area contributed by atoms with Gasteiger partial charge in [-0.2, -0.15) is 10.2 Å². The lowest BCUT2D eigenvalue weighted by atomic mass is 9.90. The van der Waals surface area contributed by atoms with Crippen LogP contribution < -0.4 is 24.7 Å². The van der Waals surface area contributed by atoms with Crippen LogP contribution in [0.15, 0.2) is 532 Å². The van der Waals surface area contributed by atoms with E-state index in [0.29, 0.717) is 0 Å². The van der Waals surface area contributed by atoms with Crippen LogP contribution in [0.5, 0.6) is 0 Å². The van der Waals surface area contributed by atoms with E-state index in [0.717, 1.165) is 103 Å². The molecule has 0 radical (unpaired) electrons. The summed E-state index contributed by atoms with van der Waals surface area (Å²) in [4.78, 5) is 6.94. The van der Waals surface area contributed by atoms with Crippen LogP contribution in [0, 0.1) is 13.8 Å². The molecule has 0 saturated carbocycles. The minimum Gasteiger partial charge on any atom is -0.317 e. The summed E-state index contributed by atoms with van der Waals surface area (Å²) >= 11 is 0. The Hall–Kier alpha value is -16.7. The third kappa shape index (κ3) is 22.7. The zero-order valence-corrected chi connectivity index (χ0v) is 73.8. The van der Waals surface area contributed by atoms with Crippen molar-refractivity contribution in [1.29, 1.82) is 0 Å². The summed E-state index contributed by atoms with van der Waals surface area (Å²) in [6.07, 6.45) is 17.7. The number of rotatable bonds is 26. The molecule has 0 fully saturated rings. The van der Waals surface area contributed by atoms with Crippen LogP contribution in [-0.2, 0) is 12.8 Å². The summed E-state index contributed by atoms with van der Waals surface area (Å²) in [6.45, 7) is 4.24. The molecule has 7 nitrogen and oxygen atoms in total. The summed E-state index contributed by atoms with van der Waals surface area (Å²) in [5.41, 5.74) is 33.5. The Labute approximate surface area is 772 Å². The zero-order valence-electron chi connectivity index (χ0n) is 73.8. The van der Waals surface area contributed by atoms with Gasteiger partial charge >= 0.3 is 0 Å². The minimum atomic E-state index is 1.01. The molecular formula is C124H103N7. The predicted octanol–water partition coefficient (Wildman–Crippen LogP) is 32.2. The Morgan fingerprint density at radius 3 is 0.733 bits per heavy atom. The molecule has 0 aliphatic heterocycles. The summed E-state index contributed by atoms with van der Waals surface area (Å²) < 4.78 is 0. The van der Waals surface area contributed by atoms with Gasteiger partial charge in [-0.1, -0.05) is 399 Å². The Bertz CT molecular complexity index is 6540. The summed E-state index contributed by atoms with van der Waals surface area (Å²) in [6, 6.07) is 176. The number of hydrogen-bond acceptors (Lipinski definition) is 7. The highest BCUT2D eigenvalue weighted by atomic mass is 15.5.